The lowest BCUT2D eigenvalue weighted by molar-refractivity contribution is -0.182. The van der Waals surface area contributed by atoms with Crippen molar-refractivity contribution < 1.29 is 75.4 Å². The van der Waals surface area contributed by atoms with Crippen LogP contribution in [0.2, 0.25) is 0 Å². The van der Waals surface area contributed by atoms with Gasteiger partial charge in [0.05, 0.1) is 25.5 Å². The van der Waals surface area contributed by atoms with E-state index in [1.807, 2.05) is 34.6 Å². The van der Waals surface area contributed by atoms with Crippen LogP contribution in [0.25, 0.3) is 0 Å². The summed E-state index contributed by atoms with van der Waals surface area (Å²) >= 11 is 6.38. The maximum atomic E-state index is 15.5. The molecule has 14 atom stereocenters. The third kappa shape index (κ3) is 19.7. The minimum Gasteiger partial charge on any atom is -0.379 e. The quantitative estimate of drug-likeness (QED) is 0.154. The highest BCUT2D eigenvalue weighted by atomic mass is 35.5. The predicted molar refractivity (Wildman–Crippen MR) is 364 cm³/mol. The normalized spacial score (nSPS) is 30.3. The van der Waals surface area contributed by atoms with Crippen LogP contribution in [-0.4, -0.2) is 275 Å². The fraction of sp³-hybridized carbons (Fsp3) is 0.829. The highest BCUT2D eigenvalue weighted by Gasteiger charge is 2.52. The zero-order valence-electron chi connectivity index (χ0n) is 61.1. The summed E-state index contributed by atoms with van der Waals surface area (Å²) in [5.74, 6) is -11.1. The zero-order valence-corrected chi connectivity index (χ0v) is 61.9. The molecule has 12 amide bonds. The number of ether oxygens (including phenoxy) is 1. The Labute approximate surface area is 588 Å². The first-order valence-corrected chi connectivity index (χ1v) is 36.7. The summed E-state index contributed by atoms with van der Waals surface area (Å²) in [6, 6.07) is -11.2. The van der Waals surface area contributed by atoms with E-state index in [-0.39, 0.29) is 102 Å². The molecule has 0 aromatic heterocycles. The van der Waals surface area contributed by atoms with Crippen LogP contribution in [0.5, 0.6) is 0 Å². The van der Waals surface area contributed by atoms with Gasteiger partial charge in [0, 0.05) is 80.4 Å². The van der Waals surface area contributed by atoms with Crippen molar-refractivity contribution in [2.75, 3.05) is 88.2 Å². The fourth-order valence-electron chi connectivity index (χ4n) is 15.1. The summed E-state index contributed by atoms with van der Waals surface area (Å²) in [5.41, 5.74) is -1.57. The van der Waals surface area contributed by atoms with Crippen LogP contribution in [-0.2, 0) is 62.3 Å². The molecule has 4 saturated heterocycles. The molecule has 0 aromatic carbocycles. The number of hydrogen-bond acceptors (Lipinski definition) is 13. The van der Waals surface area contributed by atoms with E-state index in [4.69, 9.17) is 16.3 Å². The van der Waals surface area contributed by atoms with Gasteiger partial charge in [0.15, 0.2) is 0 Å². The molecule has 0 aromatic rings. The molecule has 2 aliphatic carbocycles. The molecule has 0 bridgehead atoms. The van der Waals surface area contributed by atoms with Gasteiger partial charge in [0.1, 0.15) is 59.9 Å². The van der Waals surface area contributed by atoms with Gasteiger partial charge in [-0.25, -0.2) is 0 Å². The highest BCUT2D eigenvalue weighted by Crippen LogP contribution is 2.44. The van der Waals surface area contributed by atoms with Crippen LogP contribution in [0.4, 0.5) is 13.2 Å². The Bertz CT molecular complexity index is 2880. The zero-order chi connectivity index (χ0) is 73.7. The summed E-state index contributed by atoms with van der Waals surface area (Å²) in [6.07, 6.45) is 0.599. The van der Waals surface area contributed by atoms with Crippen LogP contribution in [0.15, 0.2) is 0 Å². The maximum Gasteiger partial charge on any atom is 0.393 e. The molecule has 4 heterocycles. The molecule has 6 fully saturated rings. The van der Waals surface area contributed by atoms with Gasteiger partial charge in [-0.2, -0.15) is 13.2 Å². The second kappa shape index (κ2) is 36.0. The van der Waals surface area contributed by atoms with E-state index in [9.17, 15) is 41.9 Å². The molecule has 4 aliphatic heterocycles. The highest BCUT2D eigenvalue weighted by molar-refractivity contribution is 6.21. The number of likely N-dealkylation sites (N-methyl/N-ethyl adjacent to an activating group) is 6. The number of halogens is 4. The Balaban J connectivity index is 1.42. The number of carbonyl (C=O) groups excluding carboxylic acids is 12. The van der Waals surface area contributed by atoms with Crippen molar-refractivity contribution in [1.29, 1.82) is 0 Å². The van der Waals surface area contributed by atoms with Crippen LogP contribution in [0.1, 0.15) is 184 Å². The molecule has 0 radical (unpaired) electrons. The summed E-state index contributed by atoms with van der Waals surface area (Å²) in [7, 11) is 8.46. The molecular weight excluding hydrogens is 1310 g/mol. The molecule has 560 valence electrons. The smallest absolute Gasteiger partial charge is 0.379 e. The van der Waals surface area contributed by atoms with E-state index < -0.39 is 173 Å². The minimum absolute atomic E-state index is 0.0135. The Morgan fingerprint density at radius 1 is 0.636 bits per heavy atom. The van der Waals surface area contributed by atoms with E-state index in [1.54, 1.807) is 18.7 Å². The summed E-state index contributed by atoms with van der Waals surface area (Å²) in [4.78, 5) is 191. The van der Waals surface area contributed by atoms with Crippen LogP contribution < -0.4 is 16.0 Å². The lowest BCUT2D eigenvalue weighted by atomic mass is 9.78. The third-order valence-electron chi connectivity index (χ3n) is 22.2. The van der Waals surface area contributed by atoms with Gasteiger partial charge in [-0.05, 0) is 127 Å². The SMILES string of the molecule is CCCOC[C@H]1C(=O)N(C)CC(=O)N[C@@H](CCC2CCC(C(F)(F)F)C(Cl)C2)C(=O)N2CCC[C@H]2C(=O)NC2(CCCC2)C(=O)N(C)[C@@H]([C@@H](C)CC)C(=O)N(C)[C@H](C(=O)N2CCCCC2)CC(=O)N(C)[C@@H](CC(C)C)C(=O)N[C@@H]([C@@H](C)CC)C(=O)N(C)[C@@H](C)C(=O)N2CC[C@H]2C(=O)N1C. The number of alkyl halides is 4. The van der Waals surface area contributed by atoms with Gasteiger partial charge >= 0.3 is 6.18 Å². The van der Waals surface area contributed by atoms with Crippen molar-refractivity contribution in [3.8, 4) is 0 Å². The molecule has 99 heavy (non-hydrogen) atoms. The van der Waals surface area contributed by atoms with E-state index in [2.05, 4.69) is 16.0 Å². The van der Waals surface area contributed by atoms with Gasteiger partial charge < -0.3 is 64.8 Å². The Hall–Kier alpha value is -6.32. The van der Waals surface area contributed by atoms with Crippen LogP contribution >= 0.6 is 11.6 Å². The van der Waals surface area contributed by atoms with E-state index >= 15 is 28.8 Å². The van der Waals surface area contributed by atoms with Gasteiger partial charge in [-0.3, -0.25) is 57.5 Å². The number of hydrogen-bond donors (Lipinski definition) is 3. The summed E-state index contributed by atoms with van der Waals surface area (Å²) in [6.45, 7) is 14.5. The summed E-state index contributed by atoms with van der Waals surface area (Å²) in [5, 5.41) is 7.53. The first kappa shape index (κ1) is 81.6. The first-order chi connectivity index (χ1) is 46.6. The van der Waals surface area contributed by atoms with E-state index in [0.717, 1.165) is 16.2 Å². The van der Waals surface area contributed by atoms with Gasteiger partial charge in [0.25, 0.3) is 0 Å². The van der Waals surface area contributed by atoms with E-state index in [0.29, 0.717) is 64.5 Å². The van der Waals surface area contributed by atoms with Gasteiger partial charge in [-0.1, -0.05) is 74.1 Å². The number of carbonyl (C=O) groups is 12. The van der Waals surface area contributed by atoms with Crippen molar-refractivity contribution in [3.63, 3.8) is 0 Å². The van der Waals surface area contributed by atoms with Gasteiger partial charge in [0.2, 0.25) is 70.9 Å². The lowest BCUT2D eigenvalue weighted by Crippen LogP contribution is -2.65. The third-order valence-corrected chi connectivity index (χ3v) is 22.6. The molecular formula is C70H114ClF3N12O13. The van der Waals surface area contributed by atoms with Crippen molar-refractivity contribution in [2.24, 2.45) is 29.6 Å². The Morgan fingerprint density at radius 3 is 1.85 bits per heavy atom. The van der Waals surface area contributed by atoms with Gasteiger partial charge in [-0.15, -0.1) is 11.6 Å². The van der Waals surface area contributed by atoms with Crippen molar-refractivity contribution in [3.05, 3.63) is 0 Å². The Kier molecular flexibility index (Phi) is 29.7. The van der Waals surface area contributed by atoms with Crippen molar-refractivity contribution in [1.82, 2.24) is 60.0 Å². The number of rotatable bonds is 14. The number of amides is 12. The fourth-order valence-corrected chi connectivity index (χ4v) is 15.6. The second-order valence-electron chi connectivity index (χ2n) is 29.5. The number of nitrogens with one attached hydrogen (secondary N) is 3. The molecule has 25 nitrogen and oxygen atoms in total. The Morgan fingerprint density at radius 2 is 1.27 bits per heavy atom. The molecule has 29 heteroatoms. The standard InChI is InChI=1S/C70H114ClF3N12O13/c1-15-36-99-41-54-63(93)78(9)40-55(87)75-49(28-26-46-25-27-47(48(71)38-46)70(72,73)74)62(92)85-34-23-24-50(85)60(90)77-69(30-19-20-31-69)68(98)83(14)58(44(7)17-3)67(97)81(12)53(65(95)84-32-21-18-22-33-84)39-56(88)80(11)52(37-42(4)5)59(89)76-57(43(6)16-2)66(96)79(10)45(8)61(91)86-35-29-51(86)64(94)82(54)13/h42-54,57-58H,15-41H2,1-14H3,(H,75,87)(H,76,89)(H,77,90)/t43-,44-,45-,46?,47?,48?,49-,50-,51-,52-,53-,54-,57-,58-/m0/s1. The van der Waals surface area contributed by atoms with E-state index in [1.165, 1.54) is 78.6 Å². The molecule has 3 unspecified atom stereocenters. The predicted octanol–water partition coefficient (Wildman–Crippen LogP) is 4.94. The number of fused-ring (bicyclic) bond motifs is 2. The molecule has 6 aliphatic rings. The molecule has 6 rings (SSSR count). The van der Waals surface area contributed by atoms with Crippen molar-refractivity contribution >= 4 is 82.5 Å². The first-order valence-electron chi connectivity index (χ1n) is 36.2. The van der Waals surface area contributed by atoms with Crippen LogP contribution in [0.3, 0.4) is 0 Å². The van der Waals surface area contributed by atoms with Crippen molar-refractivity contribution in [2.45, 2.75) is 255 Å². The maximum absolute atomic E-state index is 15.5. The molecule has 3 N–H and O–H groups in total. The minimum atomic E-state index is -4.52. The largest absolute Gasteiger partial charge is 0.393 e. The average Bonchev–Trinajstić information content (AvgIpc) is 0.916. The molecule has 1 spiro atoms. The number of nitrogens with zero attached hydrogens (tertiary/aromatic N) is 9. The lowest BCUT2D eigenvalue weighted by Gasteiger charge is -2.45. The average molecular weight is 1420 g/mol. The van der Waals surface area contributed by atoms with Crippen LogP contribution in [0, 0.1) is 29.6 Å². The second-order valence-corrected chi connectivity index (χ2v) is 30.1. The topological polar surface area (TPSA) is 279 Å². The monoisotopic (exact) mass is 1420 g/mol. The molecule has 2 saturated carbocycles. The summed E-state index contributed by atoms with van der Waals surface area (Å²) < 4.78 is 47.8. The number of likely N-dealkylation sites (tertiary alicyclic amines) is 1. The number of piperidine rings is 1.